The van der Waals surface area contributed by atoms with Gasteiger partial charge in [-0.05, 0) is 18.2 Å². The second-order valence-corrected chi connectivity index (χ2v) is 5.66. The van der Waals surface area contributed by atoms with Crippen molar-refractivity contribution in [1.29, 1.82) is 0 Å². The number of anilines is 1. The summed E-state index contributed by atoms with van der Waals surface area (Å²) in [5.41, 5.74) is -2.73. The van der Waals surface area contributed by atoms with Crippen molar-refractivity contribution in [3.8, 4) is 5.75 Å². The fourth-order valence-corrected chi connectivity index (χ4v) is 2.26. The molecule has 6 nitrogen and oxygen atoms in total. The average Bonchev–Trinajstić information content (AvgIpc) is 2.55. The van der Waals surface area contributed by atoms with Gasteiger partial charge in [-0.1, -0.05) is 29.3 Å². The van der Waals surface area contributed by atoms with Crippen molar-refractivity contribution in [2.45, 2.75) is 6.18 Å². The monoisotopic (exact) mass is 408 g/mol. The molecule has 0 aliphatic carbocycles. The third-order valence-electron chi connectivity index (χ3n) is 3.07. The Bertz CT molecular complexity index is 859. The quantitative estimate of drug-likeness (QED) is 0.561. The predicted molar refractivity (Wildman–Crippen MR) is 88.7 cm³/mol. The smallest absolute Gasteiger partial charge is 0.418 e. The minimum Gasteiger partial charge on any atom is -0.482 e. The number of rotatable bonds is 5. The fourth-order valence-electron chi connectivity index (χ4n) is 1.91. The average molecular weight is 409 g/mol. The lowest BCUT2D eigenvalue weighted by molar-refractivity contribution is -0.385. The molecule has 0 bridgehead atoms. The molecule has 0 saturated heterocycles. The highest BCUT2D eigenvalue weighted by Crippen LogP contribution is 2.37. The van der Waals surface area contributed by atoms with Crippen molar-refractivity contribution < 1.29 is 27.6 Å². The van der Waals surface area contributed by atoms with Crippen molar-refractivity contribution >= 4 is 40.5 Å². The SMILES string of the molecule is O=C(COc1cccc(Cl)c1Cl)Nc1ccc([N+](=O)[O-])cc1C(F)(F)F. The number of benzene rings is 2. The molecule has 0 spiro atoms. The van der Waals surface area contributed by atoms with Crippen molar-refractivity contribution in [2.75, 3.05) is 11.9 Å². The van der Waals surface area contributed by atoms with Gasteiger partial charge in [0, 0.05) is 12.1 Å². The maximum atomic E-state index is 13.1. The number of nitrogens with one attached hydrogen (secondary N) is 1. The number of nitro benzene ring substituents is 1. The van der Waals surface area contributed by atoms with Gasteiger partial charge in [0.25, 0.3) is 11.6 Å². The van der Waals surface area contributed by atoms with E-state index in [0.29, 0.717) is 6.07 Å². The molecule has 2 aromatic rings. The van der Waals surface area contributed by atoms with Gasteiger partial charge >= 0.3 is 6.18 Å². The first-order chi connectivity index (χ1) is 12.1. The minimum absolute atomic E-state index is 0.0493. The van der Waals surface area contributed by atoms with Crippen molar-refractivity contribution in [1.82, 2.24) is 0 Å². The van der Waals surface area contributed by atoms with E-state index in [1.54, 1.807) is 0 Å². The number of alkyl halides is 3. The molecule has 2 aromatic carbocycles. The van der Waals surface area contributed by atoms with E-state index in [1.807, 2.05) is 5.32 Å². The number of hydrogen-bond acceptors (Lipinski definition) is 4. The van der Waals surface area contributed by atoms with Gasteiger partial charge < -0.3 is 10.1 Å². The number of carbonyl (C=O) groups excluding carboxylic acids is 1. The largest absolute Gasteiger partial charge is 0.482 e. The van der Waals surface area contributed by atoms with Crippen LogP contribution in [0.25, 0.3) is 0 Å². The Hall–Kier alpha value is -2.52. The summed E-state index contributed by atoms with van der Waals surface area (Å²) in [6.07, 6.45) is -4.90. The second kappa shape index (κ2) is 7.79. The number of nitrogens with zero attached hydrogens (tertiary/aromatic N) is 1. The maximum absolute atomic E-state index is 13.1. The molecule has 0 saturated carbocycles. The molecule has 0 aliphatic rings. The topological polar surface area (TPSA) is 81.5 Å². The van der Waals surface area contributed by atoms with Gasteiger partial charge in [-0.25, -0.2) is 0 Å². The molecule has 0 unspecified atom stereocenters. The van der Waals surface area contributed by atoms with Crippen LogP contribution in [0.1, 0.15) is 5.56 Å². The van der Waals surface area contributed by atoms with E-state index in [4.69, 9.17) is 27.9 Å². The molecule has 0 heterocycles. The Morgan fingerprint density at radius 3 is 2.54 bits per heavy atom. The first-order valence-electron chi connectivity index (χ1n) is 6.82. The van der Waals surface area contributed by atoms with Gasteiger partial charge in [0.05, 0.1) is 21.2 Å². The Balaban J connectivity index is 2.15. The van der Waals surface area contributed by atoms with Crippen LogP contribution in [-0.4, -0.2) is 17.4 Å². The maximum Gasteiger partial charge on any atom is 0.418 e. The number of carbonyl (C=O) groups is 1. The number of hydrogen-bond donors (Lipinski definition) is 1. The highest BCUT2D eigenvalue weighted by molar-refractivity contribution is 6.42. The Morgan fingerprint density at radius 2 is 1.92 bits per heavy atom. The van der Waals surface area contributed by atoms with Gasteiger partial charge in [0.2, 0.25) is 0 Å². The zero-order valence-electron chi connectivity index (χ0n) is 12.6. The normalized spacial score (nSPS) is 11.1. The molecule has 0 aliphatic heterocycles. The first kappa shape index (κ1) is 19.8. The summed E-state index contributed by atoms with van der Waals surface area (Å²) in [5.74, 6) is -0.838. The molecule has 1 amide bonds. The highest BCUT2D eigenvalue weighted by atomic mass is 35.5. The molecular weight excluding hydrogens is 400 g/mol. The molecule has 26 heavy (non-hydrogen) atoms. The van der Waals surface area contributed by atoms with E-state index in [0.717, 1.165) is 12.1 Å². The van der Waals surface area contributed by atoms with Crippen LogP contribution in [0.3, 0.4) is 0 Å². The lowest BCUT2D eigenvalue weighted by Gasteiger charge is -2.14. The summed E-state index contributed by atoms with van der Waals surface area (Å²) < 4.78 is 44.3. The Kier molecular flexibility index (Phi) is 5.94. The van der Waals surface area contributed by atoms with E-state index >= 15 is 0 Å². The summed E-state index contributed by atoms with van der Waals surface area (Å²) in [5, 5.41) is 12.9. The summed E-state index contributed by atoms with van der Waals surface area (Å²) in [4.78, 5) is 21.5. The first-order valence-corrected chi connectivity index (χ1v) is 7.57. The summed E-state index contributed by atoms with van der Waals surface area (Å²) in [6, 6.07) is 6.41. The van der Waals surface area contributed by atoms with Gasteiger partial charge in [0.15, 0.2) is 6.61 Å². The fraction of sp³-hybridized carbons (Fsp3) is 0.133. The molecule has 2 rings (SSSR count). The van der Waals surface area contributed by atoms with E-state index in [2.05, 4.69) is 0 Å². The molecule has 138 valence electrons. The number of ether oxygens (including phenoxy) is 1. The van der Waals surface area contributed by atoms with Crippen LogP contribution in [-0.2, 0) is 11.0 Å². The molecule has 0 atom stereocenters. The van der Waals surface area contributed by atoms with E-state index in [9.17, 15) is 28.1 Å². The molecule has 11 heteroatoms. The standard InChI is InChI=1S/C15H9Cl2F3N2O4/c16-10-2-1-3-12(14(10)17)26-7-13(23)21-11-5-4-8(22(24)25)6-9(11)15(18,19)20/h1-6H,7H2,(H,21,23). The third-order valence-corrected chi connectivity index (χ3v) is 3.87. The van der Waals surface area contributed by atoms with Crippen molar-refractivity contribution in [3.63, 3.8) is 0 Å². The third kappa shape index (κ3) is 4.77. The highest BCUT2D eigenvalue weighted by Gasteiger charge is 2.35. The minimum atomic E-state index is -4.90. The van der Waals surface area contributed by atoms with Crippen LogP contribution in [0.4, 0.5) is 24.5 Å². The van der Waals surface area contributed by atoms with Crippen LogP contribution in [0, 0.1) is 10.1 Å². The van der Waals surface area contributed by atoms with E-state index in [1.165, 1.54) is 18.2 Å². The van der Waals surface area contributed by atoms with Gasteiger partial charge in [-0.15, -0.1) is 0 Å². The van der Waals surface area contributed by atoms with Gasteiger partial charge in [-0.3, -0.25) is 14.9 Å². The summed E-state index contributed by atoms with van der Waals surface area (Å²) in [6.45, 7) is -0.644. The van der Waals surface area contributed by atoms with Gasteiger partial charge in [0.1, 0.15) is 10.8 Å². The van der Waals surface area contributed by atoms with Crippen molar-refractivity contribution in [3.05, 3.63) is 62.1 Å². The lowest BCUT2D eigenvalue weighted by atomic mass is 10.1. The second-order valence-electron chi connectivity index (χ2n) is 4.87. The predicted octanol–water partition coefficient (Wildman–Crippen LogP) is 4.94. The lowest BCUT2D eigenvalue weighted by Crippen LogP contribution is -2.22. The molecule has 0 fully saturated rings. The van der Waals surface area contributed by atoms with Crippen LogP contribution in [0.2, 0.25) is 10.0 Å². The van der Waals surface area contributed by atoms with Crippen LogP contribution in [0.15, 0.2) is 36.4 Å². The summed E-state index contributed by atoms with van der Waals surface area (Å²) >= 11 is 11.6. The zero-order valence-corrected chi connectivity index (χ0v) is 14.2. The molecular formula is C15H9Cl2F3N2O4. The summed E-state index contributed by atoms with van der Waals surface area (Å²) in [7, 11) is 0. The zero-order chi connectivity index (χ0) is 19.5. The van der Waals surface area contributed by atoms with E-state index in [-0.39, 0.29) is 15.8 Å². The number of nitro groups is 1. The van der Waals surface area contributed by atoms with E-state index < -0.39 is 40.6 Å². The Labute approximate surface area is 154 Å². The molecule has 0 radical (unpaired) electrons. The molecule has 1 N–H and O–H groups in total. The van der Waals surface area contributed by atoms with Crippen LogP contribution < -0.4 is 10.1 Å². The van der Waals surface area contributed by atoms with Crippen LogP contribution in [0.5, 0.6) is 5.75 Å². The number of halogens is 5. The van der Waals surface area contributed by atoms with Crippen LogP contribution >= 0.6 is 23.2 Å². The Morgan fingerprint density at radius 1 is 1.23 bits per heavy atom. The number of amides is 1. The van der Waals surface area contributed by atoms with Crippen molar-refractivity contribution in [2.24, 2.45) is 0 Å². The molecule has 0 aromatic heterocycles. The van der Waals surface area contributed by atoms with Gasteiger partial charge in [-0.2, -0.15) is 13.2 Å². The number of non-ortho nitro benzene ring substituents is 1.